The highest BCUT2D eigenvalue weighted by molar-refractivity contribution is 6.30. The molecule has 7 heteroatoms. The summed E-state index contributed by atoms with van der Waals surface area (Å²) in [5.74, 6) is -0.229. The van der Waals surface area contributed by atoms with Crippen molar-refractivity contribution in [2.24, 2.45) is 0 Å². The molecule has 0 radical (unpaired) electrons. The summed E-state index contributed by atoms with van der Waals surface area (Å²) in [5.41, 5.74) is 1.07. The van der Waals surface area contributed by atoms with Crippen LogP contribution in [0, 0.1) is 6.92 Å². The second-order valence-electron chi connectivity index (χ2n) is 5.69. The number of fused-ring (bicyclic) bond motifs is 1. The topological polar surface area (TPSA) is 84.0 Å². The minimum absolute atomic E-state index is 0.0952. The van der Waals surface area contributed by atoms with Crippen molar-refractivity contribution in [1.29, 1.82) is 0 Å². The van der Waals surface area contributed by atoms with Gasteiger partial charge in [0.05, 0.1) is 10.9 Å². The molecule has 128 valence electrons. The summed E-state index contributed by atoms with van der Waals surface area (Å²) in [6, 6.07) is 12.0. The maximum atomic E-state index is 12.2. The Balaban J connectivity index is 1.80. The lowest BCUT2D eigenvalue weighted by atomic mass is 10.2. The molecular weight excluding hydrogens is 342 g/mol. The van der Waals surface area contributed by atoms with Crippen LogP contribution in [0.2, 0.25) is 5.02 Å². The van der Waals surface area contributed by atoms with E-state index in [1.807, 2.05) is 6.92 Å². The van der Waals surface area contributed by atoms with Crippen LogP contribution in [-0.2, 0) is 11.3 Å². The molecule has 0 atom stereocenters. The summed E-state index contributed by atoms with van der Waals surface area (Å²) >= 11 is 5.90. The molecule has 0 aliphatic heterocycles. The fourth-order valence-corrected chi connectivity index (χ4v) is 2.88. The number of aromatic amines is 1. The lowest BCUT2D eigenvalue weighted by molar-refractivity contribution is -0.116. The zero-order valence-electron chi connectivity index (χ0n) is 13.5. The van der Waals surface area contributed by atoms with Crippen molar-refractivity contribution < 1.29 is 4.79 Å². The SMILES string of the molecule is Cc1cc(Cl)ccc1NC(=O)CCn1c(=O)[nH]c(=O)c2ccccc21. The van der Waals surface area contributed by atoms with Crippen LogP contribution in [0.15, 0.2) is 52.1 Å². The summed E-state index contributed by atoms with van der Waals surface area (Å²) in [6.07, 6.45) is 0.0952. The van der Waals surface area contributed by atoms with E-state index in [4.69, 9.17) is 11.6 Å². The number of carbonyl (C=O) groups is 1. The zero-order chi connectivity index (χ0) is 18.0. The minimum Gasteiger partial charge on any atom is -0.326 e. The Morgan fingerprint density at radius 3 is 2.72 bits per heavy atom. The van der Waals surface area contributed by atoms with E-state index in [0.717, 1.165) is 5.56 Å². The Labute approximate surface area is 148 Å². The lowest BCUT2D eigenvalue weighted by Gasteiger charge is -2.11. The van der Waals surface area contributed by atoms with Crippen molar-refractivity contribution in [1.82, 2.24) is 9.55 Å². The van der Waals surface area contributed by atoms with E-state index in [-0.39, 0.29) is 18.9 Å². The van der Waals surface area contributed by atoms with Crippen LogP contribution in [-0.4, -0.2) is 15.5 Å². The zero-order valence-corrected chi connectivity index (χ0v) is 14.3. The Morgan fingerprint density at radius 1 is 1.20 bits per heavy atom. The largest absolute Gasteiger partial charge is 0.328 e. The smallest absolute Gasteiger partial charge is 0.326 e. The van der Waals surface area contributed by atoms with Crippen molar-refractivity contribution in [3.05, 3.63) is 73.9 Å². The molecule has 0 aliphatic rings. The van der Waals surface area contributed by atoms with Gasteiger partial charge in [0.25, 0.3) is 5.56 Å². The highest BCUT2D eigenvalue weighted by Gasteiger charge is 2.10. The van der Waals surface area contributed by atoms with Gasteiger partial charge in [-0.25, -0.2) is 4.79 Å². The summed E-state index contributed by atoms with van der Waals surface area (Å²) in [4.78, 5) is 38.4. The van der Waals surface area contributed by atoms with E-state index in [1.165, 1.54) is 4.57 Å². The number of hydrogen-bond acceptors (Lipinski definition) is 3. The van der Waals surface area contributed by atoms with E-state index in [0.29, 0.717) is 21.6 Å². The van der Waals surface area contributed by atoms with Crippen molar-refractivity contribution in [2.75, 3.05) is 5.32 Å². The Kier molecular flexibility index (Phi) is 4.72. The van der Waals surface area contributed by atoms with Crippen LogP contribution in [0.5, 0.6) is 0 Å². The summed E-state index contributed by atoms with van der Waals surface area (Å²) in [7, 11) is 0. The van der Waals surface area contributed by atoms with Crippen LogP contribution in [0.25, 0.3) is 10.9 Å². The molecule has 25 heavy (non-hydrogen) atoms. The van der Waals surface area contributed by atoms with Gasteiger partial charge in [-0.1, -0.05) is 23.7 Å². The van der Waals surface area contributed by atoms with Gasteiger partial charge in [-0.3, -0.25) is 19.1 Å². The molecule has 0 bridgehead atoms. The van der Waals surface area contributed by atoms with E-state index in [2.05, 4.69) is 10.3 Å². The van der Waals surface area contributed by atoms with Gasteiger partial charge in [0.1, 0.15) is 0 Å². The maximum Gasteiger partial charge on any atom is 0.328 e. The number of aryl methyl sites for hydroxylation is 2. The first kappa shape index (κ1) is 17.0. The minimum atomic E-state index is -0.529. The van der Waals surface area contributed by atoms with Crippen LogP contribution in [0.1, 0.15) is 12.0 Å². The average molecular weight is 358 g/mol. The molecule has 0 aliphatic carbocycles. The summed E-state index contributed by atoms with van der Waals surface area (Å²) < 4.78 is 1.39. The van der Waals surface area contributed by atoms with E-state index < -0.39 is 11.2 Å². The normalized spacial score (nSPS) is 10.8. The molecule has 0 unspecified atom stereocenters. The molecule has 3 rings (SSSR count). The van der Waals surface area contributed by atoms with Gasteiger partial charge >= 0.3 is 5.69 Å². The number of rotatable bonds is 4. The predicted octanol–water partition coefficient (Wildman–Crippen LogP) is 2.68. The van der Waals surface area contributed by atoms with Crippen LogP contribution < -0.4 is 16.6 Å². The third-order valence-corrected chi connectivity index (χ3v) is 4.17. The molecule has 0 saturated carbocycles. The number of amides is 1. The van der Waals surface area contributed by atoms with Gasteiger partial charge in [0.15, 0.2) is 0 Å². The number of anilines is 1. The molecule has 0 saturated heterocycles. The van der Waals surface area contributed by atoms with Crippen molar-refractivity contribution in [3.8, 4) is 0 Å². The van der Waals surface area contributed by atoms with Gasteiger partial charge in [-0.05, 0) is 42.8 Å². The number of nitrogens with one attached hydrogen (secondary N) is 2. The van der Waals surface area contributed by atoms with Crippen LogP contribution in [0.3, 0.4) is 0 Å². The fourth-order valence-electron chi connectivity index (χ4n) is 2.66. The van der Waals surface area contributed by atoms with Gasteiger partial charge in [0, 0.05) is 23.7 Å². The molecule has 0 spiro atoms. The fraction of sp³-hybridized carbons (Fsp3) is 0.167. The molecular formula is C18H16ClN3O3. The summed E-state index contributed by atoms with van der Waals surface area (Å²) in [6.45, 7) is 2.01. The second kappa shape index (κ2) is 6.94. The molecule has 2 N–H and O–H groups in total. The summed E-state index contributed by atoms with van der Waals surface area (Å²) in [5, 5.41) is 3.81. The van der Waals surface area contributed by atoms with E-state index >= 15 is 0 Å². The van der Waals surface area contributed by atoms with E-state index in [1.54, 1.807) is 42.5 Å². The predicted molar refractivity (Wildman–Crippen MR) is 98.3 cm³/mol. The number of benzene rings is 2. The average Bonchev–Trinajstić information content (AvgIpc) is 2.57. The molecule has 1 aromatic heterocycles. The lowest BCUT2D eigenvalue weighted by Crippen LogP contribution is -2.31. The Morgan fingerprint density at radius 2 is 1.96 bits per heavy atom. The van der Waals surface area contributed by atoms with Gasteiger partial charge < -0.3 is 5.32 Å². The van der Waals surface area contributed by atoms with Gasteiger partial charge in [-0.2, -0.15) is 0 Å². The van der Waals surface area contributed by atoms with Gasteiger partial charge in [0.2, 0.25) is 5.91 Å². The standard InChI is InChI=1S/C18H16ClN3O3/c1-11-10-12(19)6-7-14(11)20-16(23)8-9-22-15-5-3-2-4-13(15)17(24)21-18(22)25/h2-7,10H,8-9H2,1H3,(H,20,23)(H,21,24,25). The Hall–Kier alpha value is -2.86. The highest BCUT2D eigenvalue weighted by Crippen LogP contribution is 2.19. The number of nitrogens with zero attached hydrogens (tertiary/aromatic N) is 1. The molecule has 0 fully saturated rings. The van der Waals surface area contributed by atoms with Crippen molar-refractivity contribution in [3.63, 3.8) is 0 Å². The number of hydrogen-bond donors (Lipinski definition) is 2. The number of halogens is 1. The molecule has 3 aromatic rings. The first-order chi connectivity index (χ1) is 12.0. The molecule has 6 nitrogen and oxygen atoms in total. The third kappa shape index (κ3) is 3.64. The molecule has 1 amide bonds. The monoisotopic (exact) mass is 357 g/mol. The first-order valence-electron chi connectivity index (χ1n) is 7.73. The van der Waals surface area contributed by atoms with Crippen LogP contribution in [0.4, 0.5) is 5.69 Å². The number of carbonyl (C=O) groups excluding carboxylic acids is 1. The Bertz CT molecular complexity index is 1070. The highest BCUT2D eigenvalue weighted by atomic mass is 35.5. The van der Waals surface area contributed by atoms with Crippen molar-refractivity contribution >= 4 is 34.1 Å². The van der Waals surface area contributed by atoms with Gasteiger partial charge in [-0.15, -0.1) is 0 Å². The maximum absolute atomic E-state index is 12.2. The molecule has 1 heterocycles. The quantitative estimate of drug-likeness (QED) is 0.753. The number of para-hydroxylation sites is 1. The van der Waals surface area contributed by atoms with Crippen molar-refractivity contribution in [2.45, 2.75) is 19.9 Å². The second-order valence-corrected chi connectivity index (χ2v) is 6.12. The van der Waals surface area contributed by atoms with E-state index in [9.17, 15) is 14.4 Å². The molecule has 2 aromatic carbocycles. The number of aromatic nitrogens is 2. The first-order valence-corrected chi connectivity index (χ1v) is 8.11. The number of H-pyrrole nitrogens is 1. The third-order valence-electron chi connectivity index (χ3n) is 3.93. The van der Waals surface area contributed by atoms with Crippen LogP contribution >= 0.6 is 11.6 Å².